The van der Waals surface area contributed by atoms with Crippen molar-refractivity contribution in [3.8, 4) is 11.3 Å². The van der Waals surface area contributed by atoms with E-state index in [4.69, 9.17) is 4.98 Å². The molecule has 0 amide bonds. The van der Waals surface area contributed by atoms with E-state index in [1.807, 2.05) is 48.1 Å². The molecule has 4 heteroatoms. The van der Waals surface area contributed by atoms with Crippen LogP contribution in [0.15, 0.2) is 60.7 Å². The number of nitrogens with zero attached hydrogens (tertiary/aromatic N) is 3. The molecule has 0 saturated carbocycles. The Labute approximate surface area is 148 Å². The second-order valence-corrected chi connectivity index (χ2v) is 5.85. The molecule has 0 aliphatic carbocycles. The Bertz CT molecular complexity index is 956. The van der Waals surface area contributed by atoms with Crippen molar-refractivity contribution in [3.63, 3.8) is 0 Å². The summed E-state index contributed by atoms with van der Waals surface area (Å²) in [5.41, 5.74) is 4.03. The lowest BCUT2D eigenvalue weighted by molar-refractivity contribution is 0.762. The average Bonchev–Trinajstić information content (AvgIpc) is 2.98. The monoisotopic (exact) mass is 332 g/mol. The van der Waals surface area contributed by atoms with Crippen LogP contribution in [-0.2, 0) is 7.05 Å². The molecule has 2 aromatic carbocycles. The van der Waals surface area contributed by atoms with Crippen molar-refractivity contribution < 1.29 is 0 Å². The second-order valence-electron chi connectivity index (χ2n) is 5.85. The Morgan fingerprint density at radius 2 is 1.60 bits per heavy atom. The SMILES string of the molecule is CCNCC.Cn1nc(-c2ccccc2)c2cc3ccccc3nc21. The molecule has 0 atom stereocenters. The maximum atomic E-state index is 4.72. The molecule has 0 unspecified atom stereocenters. The molecule has 0 aliphatic heterocycles. The minimum atomic E-state index is 0.919. The fraction of sp³-hybridized carbons (Fsp3) is 0.238. The zero-order chi connectivity index (χ0) is 17.6. The van der Waals surface area contributed by atoms with Gasteiger partial charge in [-0.3, -0.25) is 0 Å². The first kappa shape index (κ1) is 17.1. The van der Waals surface area contributed by atoms with E-state index in [0.717, 1.165) is 46.3 Å². The Balaban J connectivity index is 0.000000324. The van der Waals surface area contributed by atoms with E-state index in [2.05, 4.69) is 48.5 Å². The van der Waals surface area contributed by atoms with Gasteiger partial charge in [-0.15, -0.1) is 0 Å². The minimum Gasteiger partial charge on any atom is -0.317 e. The first-order chi connectivity index (χ1) is 12.2. The highest BCUT2D eigenvalue weighted by Crippen LogP contribution is 2.28. The third-order valence-electron chi connectivity index (χ3n) is 4.06. The van der Waals surface area contributed by atoms with E-state index in [1.54, 1.807) is 0 Å². The summed E-state index contributed by atoms with van der Waals surface area (Å²) in [6, 6.07) is 20.6. The summed E-state index contributed by atoms with van der Waals surface area (Å²) in [5, 5.41) is 9.99. The molecule has 0 bridgehead atoms. The van der Waals surface area contributed by atoms with Gasteiger partial charge in [0.1, 0.15) is 5.69 Å². The molecule has 0 fully saturated rings. The molecule has 2 aromatic heterocycles. The normalized spacial score (nSPS) is 10.7. The number of hydrogen-bond acceptors (Lipinski definition) is 3. The van der Waals surface area contributed by atoms with Gasteiger partial charge >= 0.3 is 0 Å². The van der Waals surface area contributed by atoms with Crippen LogP contribution >= 0.6 is 0 Å². The van der Waals surface area contributed by atoms with Crippen LogP contribution in [0.1, 0.15) is 13.8 Å². The van der Waals surface area contributed by atoms with Gasteiger partial charge in [-0.05, 0) is 25.2 Å². The first-order valence-corrected chi connectivity index (χ1v) is 8.73. The number of aromatic nitrogens is 3. The van der Waals surface area contributed by atoms with Gasteiger partial charge in [0.15, 0.2) is 5.65 Å². The number of benzene rings is 2. The van der Waals surface area contributed by atoms with Crippen molar-refractivity contribution in [1.82, 2.24) is 20.1 Å². The molecule has 4 rings (SSSR count). The smallest absolute Gasteiger partial charge is 0.158 e. The Morgan fingerprint density at radius 3 is 2.28 bits per heavy atom. The predicted molar refractivity (Wildman–Crippen MR) is 106 cm³/mol. The number of fused-ring (bicyclic) bond motifs is 2. The van der Waals surface area contributed by atoms with E-state index in [9.17, 15) is 0 Å². The molecule has 0 saturated heterocycles. The van der Waals surface area contributed by atoms with Gasteiger partial charge in [0.05, 0.1) is 5.52 Å². The highest BCUT2D eigenvalue weighted by molar-refractivity contribution is 5.98. The summed E-state index contributed by atoms with van der Waals surface area (Å²) >= 11 is 0. The molecule has 4 nitrogen and oxygen atoms in total. The van der Waals surface area contributed by atoms with Crippen molar-refractivity contribution in [2.45, 2.75) is 13.8 Å². The van der Waals surface area contributed by atoms with Gasteiger partial charge in [-0.2, -0.15) is 5.10 Å². The zero-order valence-electron chi connectivity index (χ0n) is 15.0. The Kier molecular flexibility index (Phi) is 5.41. The third kappa shape index (κ3) is 3.69. The minimum absolute atomic E-state index is 0.919. The van der Waals surface area contributed by atoms with E-state index in [-0.39, 0.29) is 0 Å². The van der Waals surface area contributed by atoms with Crippen LogP contribution in [0, 0.1) is 0 Å². The molecule has 128 valence electrons. The van der Waals surface area contributed by atoms with Crippen LogP contribution in [0.3, 0.4) is 0 Å². The fourth-order valence-electron chi connectivity index (χ4n) is 2.84. The summed E-state index contributed by atoms with van der Waals surface area (Å²) in [7, 11) is 1.94. The summed E-state index contributed by atoms with van der Waals surface area (Å²) in [6.07, 6.45) is 0. The van der Waals surface area contributed by atoms with Crippen molar-refractivity contribution in [2.75, 3.05) is 13.1 Å². The summed E-state index contributed by atoms with van der Waals surface area (Å²) in [6.45, 7) is 6.39. The van der Waals surface area contributed by atoms with Gasteiger partial charge < -0.3 is 5.32 Å². The molecule has 25 heavy (non-hydrogen) atoms. The molecule has 0 radical (unpaired) electrons. The first-order valence-electron chi connectivity index (χ1n) is 8.73. The highest BCUT2D eigenvalue weighted by Gasteiger charge is 2.12. The number of aryl methyl sites for hydroxylation is 1. The molecule has 2 heterocycles. The van der Waals surface area contributed by atoms with Crippen LogP contribution in [0.2, 0.25) is 0 Å². The molecular formula is C21H24N4. The van der Waals surface area contributed by atoms with Gasteiger partial charge in [0.25, 0.3) is 0 Å². The number of nitrogens with one attached hydrogen (secondary N) is 1. The number of hydrogen-bond donors (Lipinski definition) is 1. The average molecular weight is 332 g/mol. The van der Waals surface area contributed by atoms with Crippen LogP contribution in [-0.4, -0.2) is 27.9 Å². The molecule has 0 aliphatic rings. The van der Waals surface area contributed by atoms with Crippen molar-refractivity contribution in [2.24, 2.45) is 7.05 Å². The molecular weight excluding hydrogens is 308 g/mol. The van der Waals surface area contributed by atoms with Crippen LogP contribution in [0.5, 0.6) is 0 Å². The van der Waals surface area contributed by atoms with E-state index >= 15 is 0 Å². The summed E-state index contributed by atoms with van der Waals surface area (Å²) in [5.74, 6) is 0. The van der Waals surface area contributed by atoms with Crippen molar-refractivity contribution >= 4 is 21.9 Å². The summed E-state index contributed by atoms with van der Waals surface area (Å²) < 4.78 is 1.85. The van der Waals surface area contributed by atoms with E-state index in [1.165, 1.54) is 0 Å². The van der Waals surface area contributed by atoms with E-state index in [0.29, 0.717) is 0 Å². The summed E-state index contributed by atoms with van der Waals surface area (Å²) in [4.78, 5) is 4.72. The van der Waals surface area contributed by atoms with Gasteiger partial charge in [0, 0.05) is 23.4 Å². The Morgan fingerprint density at radius 1 is 0.920 bits per heavy atom. The van der Waals surface area contributed by atoms with Crippen LogP contribution in [0.4, 0.5) is 0 Å². The largest absolute Gasteiger partial charge is 0.317 e. The van der Waals surface area contributed by atoms with Crippen LogP contribution in [0.25, 0.3) is 33.2 Å². The van der Waals surface area contributed by atoms with Crippen molar-refractivity contribution in [3.05, 3.63) is 60.7 Å². The number of pyridine rings is 1. The van der Waals surface area contributed by atoms with Crippen molar-refractivity contribution in [1.29, 1.82) is 0 Å². The predicted octanol–water partition coefficient (Wildman–Crippen LogP) is 4.40. The standard InChI is InChI=1S/C17H13N3.C4H11N/c1-20-17-14(11-13-9-5-6-10-15(13)18-17)16(19-20)12-7-3-2-4-8-12;1-3-5-4-2/h2-11H,1H3;5H,3-4H2,1-2H3. The third-order valence-corrected chi connectivity index (χ3v) is 4.06. The zero-order valence-corrected chi connectivity index (χ0v) is 15.0. The lowest BCUT2D eigenvalue weighted by Gasteiger charge is -1.99. The highest BCUT2D eigenvalue weighted by atomic mass is 15.3. The Hall–Kier alpha value is -2.72. The number of rotatable bonds is 3. The number of para-hydroxylation sites is 1. The fourth-order valence-corrected chi connectivity index (χ4v) is 2.84. The van der Waals surface area contributed by atoms with E-state index < -0.39 is 0 Å². The maximum absolute atomic E-state index is 4.72. The lowest BCUT2D eigenvalue weighted by atomic mass is 10.1. The quantitative estimate of drug-likeness (QED) is 0.604. The van der Waals surface area contributed by atoms with Gasteiger partial charge in [-0.25, -0.2) is 9.67 Å². The molecule has 4 aromatic rings. The topological polar surface area (TPSA) is 42.7 Å². The second kappa shape index (κ2) is 7.90. The molecule has 1 N–H and O–H groups in total. The molecule has 0 spiro atoms. The maximum Gasteiger partial charge on any atom is 0.158 e. The lowest BCUT2D eigenvalue weighted by Crippen LogP contribution is -2.09. The van der Waals surface area contributed by atoms with Gasteiger partial charge in [-0.1, -0.05) is 62.4 Å². The van der Waals surface area contributed by atoms with Crippen LogP contribution < -0.4 is 5.32 Å². The van der Waals surface area contributed by atoms with Gasteiger partial charge in [0.2, 0.25) is 0 Å².